The number of rotatable bonds is 3. The summed E-state index contributed by atoms with van der Waals surface area (Å²) in [5, 5.41) is 4.49. The van der Waals surface area contributed by atoms with Crippen molar-refractivity contribution >= 4 is 33.2 Å². The average molecular weight is 346 g/mol. The SMILES string of the molecule is CCC(C)C1CN(c2cc(Br)ccc2Cl)C(C)CN1. The van der Waals surface area contributed by atoms with Gasteiger partial charge in [0, 0.05) is 29.6 Å². The van der Waals surface area contributed by atoms with E-state index in [9.17, 15) is 0 Å². The van der Waals surface area contributed by atoms with Crippen LogP contribution in [0.25, 0.3) is 0 Å². The highest BCUT2D eigenvalue weighted by molar-refractivity contribution is 9.10. The molecule has 0 amide bonds. The number of nitrogens with zero attached hydrogens (tertiary/aromatic N) is 1. The Labute approximate surface area is 129 Å². The van der Waals surface area contributed by atoms with Crippen molar-refractivity contribution in [1.82, 2.24) is 5.32 Å². The van der Waals surface area contributed by atoms with Crippen LogP contribution in [0, 0.1) is 5.92 Å². The molecule has 3 unspecified atom stereocenters. The number of piperazine rings is 1. The van der Waals surface area contributed by atoms with E-state index in [4.69, 9.17) is 11.6 Å². The largest absolute Gasteiger partial charge is 0.365 e. The smallest absolute Gasteiger partial charge is 0.0640 e. The summed E-state index contributed by atoms with van der Waals surface area (Å²) in [4.78, 5) is 2.43. The van der Waals surface area contributed by atoms with Gasteiger partial charge in [0.05, 0.1) is 10.7 Å². The van der Waals surface area contributed by atoms with E-state index in [0.717, 1.165) is 28.3 Å². The second-order valence-corrected chi connectivity index (χ2v) is 6.82. The van der Waals surface area contributed by atoms with Crippen molar-refractivity contribution in [2.24, 2.45) is 5.92 Å². The second-order valence-electron chi connectivity index (χ2n) is 5.50. The van der Waals surface area contributed by atoms with Crippen molar-refractivity contribution in [2.45, 2.75) is 39.3 Å². The van der Waals surface area contributed by atoms with E-state index in [1.54, 1.807) is 0 Å². The molecule has 0 spiro atoms. The molecule has 0 bridgehead atoms. The number of anilines is 1. The molecule has 106 valence electrons. The minimum Gasteiger partial charge on any atom is -0.365 e. The van der Waals surface area contributed by atoms with E-state index in [1.807, 2.05) is 12.1 Å². The lowest BCUT2D eigenvalue weighted by atomic mass is 9.95. The van der Waals surface area contributed by atoms with Crippen LogP contribution in [0.4, 0.5) is 5.69 Å². The normalized spacial score (nSPS) is 25.4. The molecule has 1 saturated heterocycles. The highest BCUT2D eigenvalue weighted by Crippen LogP contribution is 2.32. The van der Waals surface area contributed by atoms with Gasteiger partial charge in [0.2, 0.25) is 0 Å². The molecule has 1 N–H and O–H groups in total. The molecule has 1 aromatic carbocycles. The average Bonchev–Trinajstić information content (AvgIpc) is 2.41. The number of nitrogens with one attached hydrogen (secondary N) is 1. The predicted octanol–water partition coefficient (Wildman–Crippen LogP) is 4.32. The lowest BCUT2D eigenvalue weighted by Crippen LogP contribution is -2.57. The van der Waals surface area contributed by atoms with Gasteiger partial charge in [-0.05, 0) is 31.0 Å². The molecule has 3 atom stereocenters. The Morgan fingerprint density at radius 2 is 2.26 bits per heavy atom. The second kappa shape index (κ2) is 6.47. The first-order chi connectivity index (χ1) is 9.02. The molecule has 1 fully saturated rings. The molecule has 2 nitrogen and oxygen atoms in total. The molecule has 1 aromatic rings. The van der Waals surface area contributed by atoms with Crippen LogP contribution in [0.3, 0.4) is 0 Å². The van der Waals surface area contributed by atoms with E-state index < -0.39 is 0 Å². The molecule has 0 radical (unpaired) electrons. The molecule has 4 heteroatoms. The molecule has 0 aliphatic carbocycles. The van der Waals surface area contributed by atoms with Gasteiger partial charge in [-0.15, -0.1) is 0 Å². The van der Waals surface area contributed by atoms with Crippen molar-refractivity contribution in [3.05, 3.63) is 27.7 Å². The Morgan fingerprint density at radius 1 is 1.53 bits per heavy atom. The molecule has 2 rings (SSSR count). The van der Waals surface area contributed by atoms with Gasteiger partial charge < -0.3 is 10.2 Å². The third kappa shape index (κ3) is 3.45. The zero-order valence-corrected chi connectivity index (χ0v) is 14.1. The van der Waals surface area contributed by atoms with Gasteiger partial charge in [-0.1, -0.05) is 47.8 Å². The fourth-order valence-corrected chi connectivity index (χ4v) is 3.17. The van der Waals surface area contributed by atoms with Crippen molar-refractivity contribution in [3.63, 3.8) is 0 Å². The topological polar surface area (TPSA) is 15.3 Å². The Kier molecular flexibility index (Phi) is 5.15. The van der Waals surface area contributed by atoms with Crippen LogP contribution in [-0.2, 0) is 0 Å². The maximum Gasteiger partial charge on any atom is 0.0640 e. The maximum atomic E-state index is 6.37. The van der Waals surface area contributed by atoms with E-state index in [0.29, 0.717) is 18.0 Å². The fraction of sp³-hybridized carbons (Fsp3) is 0.600. The molecular weight excluding hydrogens is 324 g/mol. The summed E-state index contributed by atoms with van der Waals surface area (Å²) in [5.41, 5.74) is 1.14. The third-order valence-electron chi connectivity index (χ3n) is 4.15. The zero-order valence-electron chi connectivity index (χ0n) is 11.8. The first-order valence-electron chi connectivity index (χ1n) is 6.98. The summed E-state index contributed by atoms with van der Waals surface area (Å²) in [6, 6.07) is 7.08. The van der Waals surface area contributed by atoms with E-state index in [1.165, 1.54) is 6.42 Å². The first-order valence-corrected chi connectivity index (χ1v) is 8.15. The lowest BCUT2D eigenvalue weighted by molar-refractivity contribution is 0.316. The van der Waals surface area contributed by atoms with E-state index >= 15 is 0 Å². The van der Waals surface area contributed by atoms with Crippen LogP contribution in [0.15, 0.2) is 22.7 Å². The van der Waals surface area contributed by atoms with Crippen molar-refractivity contribution in [1.29, 1.82) is 0 Å². The molecule has 1 heterocycles. The first kappa shape index (κ1) is 15.1. The molecular formula is C15H22BrClN2. The molecule has 1 aliphatic rings. The van der Waals surface area contributed by atoms with Crippen LogP contribution in [0.5, 0.6) is 0 Å². The number of benzene rings is 1. The summed E-state index contributed by atoms with van der Waals surface area (Å²) in [7, 11) is 0. The molecule has 19 heavy (non-hydrogen) atoms. The van der Waals surface area contributed by atoms with Crippen LogP contribution < -0.4 is 10.2 Å². The van der Waals surface area contributed by atoms with Crippen LogP contribution >= 0.6 is 27.5 Å². The van der Waals surface area contributed by atoms with Gasteiger partial charge in [0.15, 0.2) is 0 Å². The predicted molar refractivity (Wildman–Crippen MR) is 87.2 cm³/mol. The standard InChI is InChI=1S/C15H22BrClN2/c1-4-10(2)14-9-19(11(3)8-18-14)15-7-12(16)5-6-13(15)17/h5-7,10-11,14,18H,4,8-9H2,1-3H3. The zero-order chi connectivity index (χ0) is 14.0. The Morgan fingerprint density at radius 3 is 2.95 bits per heavy atom. The number of hydrogen-bond acceptors (Lipinski definition) is 2. The summed E-state index contributed by atoms with van der Waals surface area (Å²) in [5.74, 6) is 0.681. The lowest BCUT2D eigenvalue weighted by Gasteiger charge is -2.42. The summed E-state index contributed by atoms with van der Waals surface area (Å²) >= 11 is 9.91. The van der Waals surface area contributed by atoms with E-state index in [2.05, 4.69) is 53.0 Å². The number of hydrogen-bond donors (Lipinski definition) is 1. The van der Waals surface area contributed by atoms with Crippen LogP contribution in [0.1, 0.15) is 27.2 Å². The maximum absolute atomic E-state index is 6.37. The van der Waals surface area contributed by atoms with Crippen molar-refractivity contribution in [2.75, 3.05) is 18.0 Å². The summed E-state index contributed by atoms with van der Waals surface area (Å²) < 4.78 is 1.08. The third-order valence-corrected chi connectivity index (χ3v) is 4.96. The van der Waals surface area contributed by atoms with Gasteiger partial charge in [-0.3, -0.25) is 0 Å². The van der Waals surface area contributed by atoms with Gasteiger partial charge >= 0.3 is 0 Å². The van der Waals surface area contributed by atoms with E-state index in [-0.39, 0.29) is 0 Å². The molecule has 0 saturated carbocycles. The Balaban J connectivity index is 2.23. The molecule has 1 aliphatic heterocycles. The van der Waals surface area contributed by atoms with Crippen molar-refractivity contribution < 1.29 is 0 Å². The quantitative estimate of drug-likeness (QED) is 0.878. The van der Waals surface area contributed by atoms with Crippen LogP contribution in [-0.4, -0.2) is 25.2 Å². The van der Waals surface area contributed by atoms with Gasteiger partial charge in [0.25, 0.3) is 0 Å². The molecule has 0 aromatic heterocycles. The minimum absolute atomic E-state index is 0.465. The number of halogens is 2. The monoisotopic (exact) mass is 344 g/mol. The summed E-state index contributed by atoms with van der Waals surface area (Å²) in [6.45, 7) is 8.84. The minimum atomic E-state index is 0.465. The highest BCUT2D eigenvalue weighted by Gasteiger charge is 2.28. The Hall–Kier alpha value is -0.250. The fourth-order valence-electron chi connectivity index (χ4n) is 2.60. The van der Waals surface area contributed by atoms with Gasteiger partial charge in [-0.2, -0.15) is 0 Å². The Bertz CT molecular complexity index is 438. The van der Waals surface area contributed by atoms with Crippen LogP contribution in [0.2, 0.25) is 5.02 Å². The van der Waals surface area contributed by atoms with Gasteiger partial charge in [0.1, 0.15) is 0 Å². The summed E-state index contributed by atoms with van der Waals surface area (Å²) in [6.07, 6.45) is 1.20. The highest BCUT2D eigenvalue weighted by atomic mass is 79.9. The van der Waals surface area contributed by atoms with Gasteiger partial charge in [-0.25, -0.2) is 0 Å². The van der Waals surface area contributed by atoms with Crippen molar-refractivity contribution in [3.8, 4) is 0 Å².